The first-order valence-corrected chi connectivity index (χ1v) is 9.39. The van der Waals surface area contributed by atoms with E-state index in [2.05, 4.69) is 59.2 Å². The zero-order valence-corrected chi connectivity index (χ0v) is 16.0. The van der Waals surface area contributed by atoms with E-state index in [1.54, 1.807) is 6.20 Å². The van der Waals surface area contributed by atoms with Crippen LogP contribution >= 0.6 is 11.6 Å². The summed E-state index contributed by atoms with van der Waals surface area (Å²) in [6.45, 7) is 3.06. The highest BCUT2D eigenvalue weighted by Gasteiger charge is 2.18. The molecule has 26 heavy (non-hydrogen) atoms. The van der Waals surface area contributed by atoms with Gasteiger partial charge in [0.1, 0.15) is 0 Å². The first-order valence-electron chi connectivity index (χ1n) is 9.01. The first kappa shape index (κ1) is 17.3. The van der Waals surface area contributed by atoms with Crippen LogP contribution in [0.2, 0.25) is 5.02 Å². The van der Waals surface area contributed by atoms with Crippen LogP contribution in [-0.4, -0.2) is 42.1 Å². The molecule has 4 nitrogen and oxygen atoms in total. The molecule has 0 N–H and O–H groups in total. The van der Waals surface area contributed by atoms with Crippen LogP contribution in [0.4, 0.5) is 5.69 Å². The maximum absolute atomic E-state index is 6.07. The van der Waals surface area contributed by atoms with Crippen molar-refractivity contribution in [2.24, 2.45) is 0 Å². The Morgan fingerprint density at radius 1 is 1.15 bits per heavy atom. The van der Waals surface area contributed by atoms with Gasteiger partial charge in [0, 0.05) is 63.1 Å². The number of aromatic nitrogens is 2. The van der Waals surface area contributed by atoms with Crippen LogP contribution in [0.3, 0.4) is 0 Å². The third-order valence-corrected chi connectivity index (χ3v) is 5.24. The van der Waals surface area contributed by atoms with Gasteiger partial charge in [-0.1, -0.05) is 23.7 Å². The minimum atomic E-state index is 0.660. The molecule has 1 aromatic carbocycles. The van der Waals surface area contributed by atoms with Crippen LogP contribution in [-0.2, 0) is 19.4 Å². The average Bonchev–Trinajstić information content (AvgIpc) is 2.65. The maximum atomic E-state index is 6.07. The summed E-state index contributed by atoms with van der Waals surface area (Å²) in [6, 6.07) is 13.0. The topological polar surface area (TPSA) is 32.3 Å². The second-order valence-electron chi connectivity index (χ2n) is 7.13. The van der Waals surface area contributed by atoms with Gasteiger partial charge in [-0.25, -0.2) is 9.97 Å². The second kappa shape index (κ2) is 7.22. The predicted octanol–water partition coefficient (Wildman–Crippen LogP) is 3.95. The van der Waals surface area contributed by atoms with Gasteiger partial charge in [-0.2, -0.15) is 0 Å². The Morgan fingerprint density at radius 2 is 1.96 bits per heavy atom. The summed E-state index contributed by atoms with van der Waals surface area (Å²) in [7, 11) is 4.14. The molecule has 0 spiro atoms. The standard InChI is InChI=1S/C21H23ClN4/c1-25(2)19-5-3-15(4-6-19)7-9-26-10-8-20-17(14-26)11-16-12-18(22)13-23-21(16)24-20/h3-6,11-13H,7-10,14H2,1-2H3. The fourth-order valence-electron chi connectivity index (χ4n) is 3.49. The van der Waals surface area contributed by atoms with E-state index in [9.17, 15) is 0 Å². The average molecular weight is 367 g/mol. The minimum absolute atomic E-state index is 0.660. The third kappa shape index (κ3) is 3.67. The van der Waals surface area contributed by atoms with Crippen molar-refractivity contribution in [2.45, 2.75) is 19.4 Å². The van der Waals surface area contributed by atoms with E-state index in [4.69, 9.17) is 16.6 Å². The van der Waals surface area contributed by atoms with Gasteiger partial charge in [-0.3, -0.25) is 4.90 Å². The number of fused-ring (bicyclic) bond motifs is 2. The Morgan fingerprint density at radius 3 is 2.73 bits per heavy atom. The molecule has 5 heteroatoms. The van der Waals surface area contributed by atoms with Crippen molar-refractivity contribution in [3.05, 3.63) is 64.4 Å². The predicted molar refractivity (Wildman–Crippen MR) is 108 cm³/mol. The summed E-state index contributed by atoms with van der Waals surface area (Å²) < 4.78 is 0. The highest BCUT2D eigenvalue weighted by atomic mass is 35.5. The molecule has 134 valence electrons. The largest absolute Gasteiger partial charge is 0.378 e. The molecule has 3 heterocycles. The number of benzene rings is 1. The molecule has 0 radical (unpaired) electrons. The molecule has 0 amide bonds. The normalized spacial score (nSPS) is 14.4. The monoisotopic (exact) mass is 366 g/mol. The van der Waals surface area contributed by atoms with Gasteiger partial charge in [0.25, 0.3) is 0 Å². The first-order chi connectivity index (χ1) is 12.6. The molecular formula is C21H23ClN4. The van der Waals surface area contributed by atoms with Crippen molar-refractivity contribution in [1.82, 2.24) is 14.9 Å². The Bertz CT molecular complexity index is 921. The van der Waals surface area contributed by atoms with Crippen molar-refractivity contribution in [3.8, 4) is 0 Å². The van der Waals surface area contributed by atoms with Crippen molar-refractivity contribution >= 4 is 28.3 Å². The quantitative estimate of drug-likeness (QED) is 0.699. The van der Waals surface area contributed by atoms with Crippen molar-refractivity contribution in [3.63, 3.8) is 0 Å². The van der Waals surface area contributed by atoms with Crippen LogP contribution in [0.1, 0.15) is 16.8 Å². The highest BCUT2D eigenvalue weighted by molar-refractivity contribution is 6.31. The van der Waals surface area contributed by atoms with Gasteiger partial charge in [0.15, 0.2) is 5.65 Å². The van der Waals surface area contributed by atoms with Gasteiger partial charge in [0.2, 0.25) is 0 Å². The summed E-state index contributed by atoms with van der Waals surface area (Å²) in [5.74, 6) is 0. The Balaban J connectivity index is 1.44. The van der Waals surface area contributed by atoms with Gasteiger partial charge in [-0.15, -0.1) is 0 Å². The Hall–Kier alpha value is -2.17. The number of nitrogens with zero attached hydrogens (tertiary/aromatic N) is 4. The lowest BCUT2D eigenvalue weighted by Crippen LogP contribution is -2.32. The molecule has 0 atom stereocenters. The molecule has 0 aliphatic carbocycles. The highest BCUT2D eigenvalue weighted by Crippen LogP contribution is 2.23. The minimum Gasteiger partial charge on any atom is -0.378 e. The number of rotatable bonds is 4. The number of anilines is 1. The maximum Gasteiger partial charge on any atom is 0.159 e. The number of hydrogen-bond donors (Lipinski definition) is 0. The SMILES string of the molecule is CN(C)c1ccc(CCN2CCc3nc4ncc(Cl)cc4cc3C2)cc1. The van der Waals surface area contributed by atoms with E-state index in [0.717, 1.165) is 43.5 Å². The van der Waals surface area contributed by atoms with Crippen LogP contribution in [0.25, 0.3) is 11.0 Å². The molecule has 0 unspecified atom stereocenters. The van der Waals surface area contributed by atoms with Crippen molar-refractivity contribution < 1.29 is 0 Å². The zero-order valence-electron chi connectivity index (χ0n) is 15.2. The number of halogens is 1. The van der Waals surface area contributed by atoms with Crippen molar-refractivity contribution in [1.29, 1.82) is 0 Å². The lowest BCUT2D eigenvalue weighted by atomic mass is 10.0. The molecule has 0 saturated carbocycles. The van der Waals surface area contributed by atoms with Crippen LogP contribution in [0, 0.1) is 0 Å². The molecule has 0 fully saturated rings. The zero-order chi connectivity index (χ0) is 18.1. The summed E-state index contributed by atoms with van der Waals surface area (Å²) in [5.41, 5.74) is 5.90. The number of pyridine rings is 2. The van der Waals surface area contributed by atoms with Gasteiger partial charge in [0.05, 0.1) is 5.02 Å². The molecular weight excluding hydrogens is 344 g/mol. The molecule has 1 aliphatic heterocycles. The number of hydrogen-bond acceptors (Lipinski definition) is 4. The molecule has 0 saturated heterocycles. The van der Waals surface area contributed by atoms with Gasteiger partial charge < -0.3 is 4.90 Å². The van der Waals surface area contributed by atoms with E-state index < -0.39 is 0 Å². The third-order valence-electron chi connectivity index (χ3n) is 5.03. The molecule has 2 aromatic heterocycles. The van der Waals surface area contributed by atoms with E-state index in [1.165, 1.54) is 22.5 Å². The Labute approximate surface area is 159 Å². The fourth-order valence-corrected chi connectivity index (χ4v) is 3.66. The molecule has 3 aromatic rings. The van der Waals surface area contributed by atoms with E-state index in [-0.39, 0.29) is 0 Å². The van der Waals surface area contributed by atoms with Crippen LogP contribution in [0.15, 0.2) is 42.6 Å². The Kier molecular flexibility index (Phi) is 4.79. The smallest absolute Gasteiger partial charge is 0.159 e. The second-order valence-corrected chi connectivity index (χ2v) is 7.57. The molecule has 1 aliphatic rings. The van der Waals surface area contributed by atoms with E-state index >= 15 is 0 Å². The lowest BCUT2D eigenvalue weighted by molar-refractivity contribution is 0.255. The fraction of sp³-hybridized carbons (Fsp3) is 0.333. The van der Waals surface area contributed by atoms with E-state index in [1.807, 2.05) is 6.07 Å². The van der Waals surface area contributed by atoms with E-state index in [0.29, 0.717) is 5.02 Å². The lowest BCUT2D eigenvalue weighted by Gasteiger charge is -2.28. The van der Waals surface area contributed by atoms with Gasteiger partial charge in [-0.05, 0) is 41.8 Å². The molecule has 4 rings (SSSR count). The summed E-state index contributed by atoms with van der Waals surface area (Å²) >= 11 is 6.07. The molecule has 0 bridgehead atoms. The summed E-state index contributed by atoms with van der Waals surface area (Å²) in [6.07, 6.45) is 3.71. The van der Waals surface area contributed by atoms with Gasteiger partial charge >= 0.3 is 0 Å². The summed E-state index contributed by atoms with van der Waals surface area (Å²) in [4.78, 5) is 13.7. The van der Waals surface area contributed by atoms with Crippen molar-refractivity contribution in [2.75, 3.05) is 32.1 Å². The van der Waals surface area contributed by atoms with Crippen LogP contribution in [0.5, 0.6) is 0 Å². The van der Waals surface area contributed by atoms with Crippen LogP contribution < -0.4 is 4.90 Å². The summed E-state index contributed by atoms with van der Waals surface area (Å²) in [5, 5.41) is 1.69.